The highest BCUT2D eigenvalue weighted by molar-refractivity contribution is 6.06. The van der Waals surface area contributed by atoms with Gasteiger partial charge < -0.3 is 47.0 Å². The van der Waals surface area contributed by atoms with Gasteiger partial charge in [0.2, 0.25) is 17.7 Å². The number of hydrogen-bond acceptors (Lipinski definition) is 12. The van der Waals surface area contributed by atoms with E-state index < -0.39 is 47.0 Å². The number of nitrogens with zero attached hydrogens (tertiary/aromatic N) is 5. The van der Waals surface area contributed by atoms with Gasteiger partial charge in [-0.15, -0.1) is 0 Å². The molecule has 8 rings (SSSR count). The van der Waals surface area contributed by atoms with Crippen LogP contribution in [0.1, 0.15) is 86.3 Å². The van der Waals surface area contributed by atoms with Crippen LogP contribution in [-0.2, 0) is 20.6 Å². The predicted molar refractivity (Wildman–Crippen MR) is 244 cm³/mol. The van der Waals surface area contributed by atoms with Crippen molar-refractivity contribution in [2.24, 2.45) is 23.1 Å². The third-order valence-electron chi connectivity index (χ3n) is 13.7. The lowest BCUT2D eigenvalue weighted by Gasteiger charge is -2.44. The molecule has 5 fully saturated rings. The van der Waals surface area contributed by atoms with Gasteiger partial charge in [-0.2, -0.15) is 13.2 Å². The summed E-state index contributed by atoms with van der Waals surface area (Å²) in [6.07, 6.45) is 0.283. The smallest absolute Gasteiger partial charge is 0.398 e. The van der Waals surface area contributed by atoms with Crippen LogP contribution in [0.15, 0.2) is 78.3 Å². The van der Waals surface area contributed by atoms with Gasteiger partial charge in [-0.25, -0.2) is 0 Å². The number of anilines is 2. The zero-order valence-corrected chi connectivity index (χ0v) is 37.2. The molecule has 5 aliphatic heterocycles. The lowest BCUT2D eigenvalue weighted by atomic mass is 9.94. The highest BCUT2D eigenvalue weighted by Crippen LogP contribution is 2.40. The van der Waals surface area contributed by atoms with Gasteiger partial charge in [0.15, 0.2) is 6.29 Å². The molecule has 0 spiro atoms. The maximum atomic E-state index is 14.5. The number of hydrogen-bond donors (Lipinski definition) is 5. The van der Waals surface area contributed by atoms with Gasteiger partial charge in [0.25, 0.3) is 11.8 Å². The molecule has 5 saturated heterocycles. The van der Waals surface area contributed by atoms with E-state index in [0.717, 1.165) is 30.0 Å². The molecule has 3 aromatic carbocycles. The second kappa shape index (κ2) is 19.0. The number of nitrogens with two attached hydrogens (primary N) is 3. The number of alkyl halides is 3. The number of imide groups is 1. The quantitative estimate of drug-likeness (QED) is 0.112. The number of carbonyl (C=O) groups is 6. The molecule has 0 aromatic heterocycles. The summed E-state index contributed by atoms with van der Waals surface area (Å²) < 4.78 is 43.6. The summed E-state index contributed by atoms with van der Waals surface area (Å²) in [5.74, 6) is -2.72. The Morgan fingerprint density at radius 2 is 1.40 bits per heavy atom. The lowest BCUT2D eigenvalue weighted by Crippen LogP contribution is -2.54. The Hall–Kier alpha value is -7.05. The molecule has 19 heteroatoms. The summed E-state index contributed by atoms with van der Waals surface area (Å²) in [5, 5.41) is 4.81. The molecule has 5 aliphatic rings. The van der Waals surface area contributed by atoms with Gasteiger partial charge in [-0.05, 0) is 87.1 Å². The van der Waals surface area contributed by atoms with Gasteiger partial charge >= 0.3 is 6.18 Å². The largest absolute Gasteiger partial charge is 0.417 e. The van der Waals surface area contributed by atoms with Crippen LogP contribution in [0.25, 0.3) is 5.70 Å². The van der Waals surface area contributed by atoms with Gasteiger partial charge in [-0.3, -0.25) is 34.1 Å². The number of aldehydes is 1. The second-order valence-corrected chi connectivity index (χ2v) is 17.9. The van der Waals surface area contributed by atoms with Gasteiger partial charge in [-0.1, -0.05) is 24.3 Å². The molecule has 5 amide bonds. The summed E-state index contributed by atoms with van der Waals surface area (Å²) in [4.78, 5) is 85.9. The van der Waals surface area contributed by atoms with Crippen molar-refractivity contribution in [1.29, 1.82) is 0 Å². The predicted octanol–water partition coefficient (Wildman–Crippen LogP) is 3.30. The highest BCUT2D eigenvalue weighted by Gasteiger charge is 2.43. The van der Waals surface area contributed by atoms with E-state index >= 15 is 0 Å². The number of piperazine rings is 2. The maximum absolute atomic E-state index is 14.5. The third kappa shape index (κ3) is 9.76. The SMILES string of the molecule is Cc1ccccc1/C(N)=C/C(=C(N)N)N1CC2CCC(C1)N2c1ccc(C(F)(F)F)c(C(=O)N2CCN(C(=O)C3CCN(c4ccc(C=O)c(C(=O)NC5CCC(=O)NC5=O)c4)CC3)CC2)c1. The number of nitrogens with one attached hydrogen (secondary N) is 2. The summed E-state index contributed by atoms with van der Waals surface area (Å²) in [7, 11) is 0. The van der Waals surface area contributed by atoms with Crippen molar-refractivity contribution in [2.45, 2.75) is 69.8 Å². The molecule has 0 radical (unpaired) electrons. The molecule has 16 nitrogen and oxygen atoms in total. The van der Waals surface area contributed by atoms with E-state index in [0.29, 0.717) is 68.1 Å². The molecule has 0 aliphatic carbocycles. The normalized spacial score (nSPS) is 21.5. The minimum absolute atomic E-state index is 0.0659. The van der Waals surface area contributed by atoms with E-state index in [1.54, 1.807) is 23.1 Å². The Labute approximate surface area is 385 Å². The van der Waals surface area contributed by atoms with Crippen LogP contribution in [-0.4, -0.2) is 121 Å². The van der Waals surface area contributed by atoms with Crippen LogP contribution < -0.4 is 37.6 Å². The fourth-order valence-electron chi connectivity index (χ4n) is 10.2. The number of piperidine rings is 2. The monoisotopic (exact) mass is 924 g/mol. The van der Waals surface area contributed by atoms with Crippen LogP contribution in [0.2, 0.25) is 0 Å². The first-order chi connectivity index (χ1) is 32.0. The lowest BCUT2D eigenvalue weighted by molar-refractivity contribution is -0.138. The second-order valence-electron chi connectivity index (χ2n) is 17.9. The number of halogens is 3. The van der Waals surface area contributed by atoms with Crippen LogP contribution in [0.4, 0.5) is 24.5 Å². The van der Waals surface area contributed by atoms with Crippen molar-refractivity contribution in [2.75, 3.05) is 62.2 Å². The minimum atomic E-state index is -4.78. The zero-order valence-electron chi connectivity index (χ0n) is 37.2. The molecular formula is C48H55F3N10O6. The standard InChI is InChI=1S/C48H55F3N10O6/c1-28-4-2-3-5-35(28)39(52)24-41(43(53)54)60-25-33-8-9-34(26-60)61(33)32-10-11-38(48(49,50)51)37(23-32)47(67)59-20-18-58(19-21-59)46(66)29-14-16-57(17-15-29)31-7-6-30(27-62)36(22-31)44(64)55-40-12-13-42(63)56-45(40)65/h2-7,10-11,22-24,27,29,33-34,40H,8-9,12-21,25-26,52-54H2,1H3,(H,55,64)(H,56,63,65)/b39-24-. The Morgan fingerprint density at radius 3 is 2.03 bits per heavy atom. The molecule has 3 aromatic rings. The Balaban J connectivity index is 0.889. The van der Waals surface area contributed by atoms with Crippen molar-refractivity contribution in [3.63, 3.8) is 0 Å². The van der Waals surface area contributed by atoms with Crippen molar-refractivity contribution < 1.29 is 41.9 Å². The molecule has 67 heavy (non-hydrogen) atoms. The summed E-state index contributed by atoms with van der Waals surface area (Å²) in [5.41, 5.74) is 21.8. The van der Waals surface area contributed by atoms with Crippen LogP contribution >= 0.6 is 0 Å². The first kappa shape index (κ1) is 46.5. The molecule has 3 unspecified atom stereocenters. The van der Waals surface area contributed by atoms with E-state index in [-0.39, 0.29) is 79.9 Å². The van der Waals surface area contributed by atoms with E-state index in [2.05, 4.69) is 20.4 Å². The first-order valence-corrected chi connectivity index (χ1v) is 22.6. The fourth-order valence-corrected chi connectivity index (χ4v) is 10.2. The summed E-state index contributed by atoms with van der Waals surface area (Å²) in [6.45, 7) is 4.34. The number of amides is 5. The number of fused-ring (bicyclic) bond motifs is 2. The molecule has 8 N–H and O–H groups in total. The minimum Gasteiger partial charge on any atom is -0.398 e. The zero-order chi connectivity index (χ0) is 47.7. The van der Waals surface area contributed by atoms with Crippen molar-refractivity contribution in [3.05, 3.63) is 112 Å². The van der Waals surface area contributed by atoms with Gasteiger partial charge in [0.05, 0.1) is 22.4 Å². The van der Waals surface area contributed by atoms with Crippen LogP contribution in [0.5, 0.6) is 0 Å². The number of carbonyl (C=O) groups excluding carboxylic acids is 6. The summed E-state index contributed by atoms with van der Waals surface area (Å²) >= 11 is 0. The van der Waals surface area contributed by atoms with Crippen LogP contribution in [0, 0.1) is 12.8 Å². The van der Waals surface area contributed by atoms with E-state index in [1.165, 1.54) is 23.1 Å². The van der Waals surface area contributed by atoms with E-state index in [4.69, 9.17) is 17.2 Å². The number of benzene rings is 3. The molecule has 354 valence electrons. The molecule has 2 bridgehead atoms. The molecule has 3 atom stereocenters. The Morgan fingerprint density at radius 1 is 0.761 bits per heavy atom. The molecule has 0 saturated carbocycles. The number of aryl methyl sites for hydroxylation is 1. The van der Waals surface area contributed by atoms with Crippen LogP contribution in [0.3, 0.4) is 0 Å². The topological polar surface area (TPSA) is 221 Å². The van der Waals surface area contributed by atoms with Gasteiger partial charge in [0, 0.05) is 105 Å². The Bertz CT molecular complexity index is 2510. The Kier molecular flexibility index (Phi) is 13.2. The van der Waals surface area contributed by atoms with Crippen molar-refractivity contribution in [1.82, 2.24) is 25.3 Å². The number of rotatable bonds is 10. The third-order valence-corrected chi connectivity index (χ3v) is 13.7. The molecular weight excluding hydrogens is 870 g/mol. The highest BCUT2D eigenvalue weighted by atomic mass is 19.4. The van der Waals surface area contributed by atoms with E-state index in [1.807, 2.05) is 36.1 Å². The first-order valence-electron chi connectivity index (χ1n) is 22.6. The summed E-state index contributed by atoms with van der Waals surface area (Å²) in [6, 6.07) is 15.2. The molecule has 5 heterocycles. The fraction of sp³-hybridized carbons (Fsp3) is 0.417. The average molecular weight is 925 g/mol. The van der Waals surface area contributed by atoms with Crippen molar-refractivity contribution in [3.8, 4) is 0 Å². The van der Waals surface area contributed by atoms with Gasteiger partial charge in [0.1, 0.15) is 11.9 Å². The maximum Gasteiger partial charge on any atom is 0.417 e. The van der Waals surface area contributed by atoms with E-state index in [9.17, 15) is 41.9 Å². The number of allylic oxidation sites excluding steroid dienone is 1. The number of likely N-dealkylation sites (tertiary alicyclic amines) is 1. The van der Waals surface area contributed by atoms with Crippen molar-refractivity contribution >= 4 is 52.9 Å². The average Bonchev–Trinajstić information content (AvgIpc) is 3.58.